The minimum absolute atomic E-state index is 0.187. The molecule has 0 aliphatic rings. The van der Waals surface area contributed by atoms with Crippen LogP contribution in [0.25, 0.3) is 16.7 Å². The van der Waals surface area contributed by atoms with Crippen molar-refractivity contribution in [2.24, 2.45) is 0 Å². The Bertz CT molecular complexity index is 1170. The van der Waals surface area contributed by atoms with Crippen LogP contribution in [0.15, 0.2) is 41.3 Å². The van der Waals surface area contributed by atoms with Crippen LogP contribution in [0.5, 0.6) is 0 Å². The van der Waals surface area contributed by atoms with Gasteiger partial charge in [-0.1, -0.05) is 0 Å². The minimum atomic E-state index is -4.53. The molecular formula is C18H12F5N3O3. The highest BCUT2D eigenvalue weighted by atomic mass is 19.4. The highest BCUT2D eigenvalue weighted by Gasteiger charge is 2.30. The monoisotopic (exact) mass is 413 g/mol. The summed E-state index contributed by atoms with van der Waals surface area (Å²) in [6.07, 6.45) is -3.73. The van der Waals surface area contributed by atoms with E-state index in [1.54, 1.807) is 0 Å². The van der Waals surface area contributed by atoms with Crippen molar-refractivity contribution in [1.29, 1.82) is 0 Å². The number of carboxylic acid groups (broad SMARTS) is 1. The van der Waals surface area contributed by atoms with Crippen molar-refractivity contribution < 1.29 is 31.9 Å². The van der Waals surface area contributed by atoms with Gasteiger partial charge in [-0.3, -0.25) is 9.36 Å². The molecule has 0 saturated carbocycles. The Morgan fingerprint density at radius 3 is 2.48 bits per heavy atom. The molecule has 0 unspecified atom stereocenters. The van der Waals surface area contributed by atoms with Crippen LogP contribution in [0.4, 0.5) is 27.8 Å². The molecule has 6 nitrogen and oxygen atoms in total. The second-order valence-corrected chi connectivity index (χ2v) is 6.15. The van der Waals surface area contributed by atoms with Gasteiger partial charge in [0.2, 0.25) is 5.43 Å². The number of aromatic nitrogens is 2. The van der Waals surface area contributed by atoms with E-state index in [-0.39, 0.29) is 22.5 Å². The molecule has 1 N–H and O–H groups in total. The van der Waals surface area contributed by atoms with E-state index in [0.29, 0.717) is 6.07 Å². The molecule has 0 bridgehead atoms. The zero-order chi connectivity index (χ0) is 21.5. The Morgan fingerprint density at radius 1 is 1.21 bits per heavy atom. The van der Waals surface area contributed by atoms with Crippen LogP contribution < -0.4 is 10.3 Å². The summed E-state index contributed by atoms with van der Waals surface area (Å²) in [5.74, 6) is -3.75. The highest BCUT2D eigenvalue weighted by Crippen LogP contribution is 2.24. The molecule has 152 valence electrons. The minimum Gasteiger partial charge on any atom is -0.477 e. The van der Waals surface area contributed by atoms with Crippen molar-refractivity contribution in [2.75, 3.05) is 18.5 Å². The first-order valence-corrected chi connectivity index (χ1v) is 8.01. The fourth-order valence-corrected chi connectivity index (χ4v) is 2.77. The van der Waals surface area contributed by atoms with Crippen molar-refractivity contribution >= 4 is 22.8 Å². The van der Waals surface area contributed by atoms with E-state index in [1.807, 2.05) is 0 Å². The van der Waals surface area contributed by atoms with Gasteiger partial charge in [-0.05, 0) is 24.3 Å². The van der Waals surface area contributed by atoms with Gasteiger partial charge < -0.3 is 10.0 Å². The number of carboxylic acids is 1. The molecule has 0 aliphatic heterocycles. The van der Waals surface area contributed by atoms with E-state index in [9.17, 15) is 36.6 Å². The molecule has 0 radical (unpaired) electrons. The van der Waals surface area contributed by atoms with Gasteiger partial charge >= 0.3 is 12.1 Å². The van der Waals surface area contributed by atoms with Crippen molar-refractivity contribution in [3.63, 3.8) is 0 Å². The molecule has 3 aromatic rings. The lowest BCUT2D eigenvalue weighted by Gasteiger charge is -2.21. The zero-order valence-corrected chi connectivity index (χ0v) is 14.7. The lowest BCUT2D eigenvalue weighted by molar-refractivity contribution is -0.119. The lowest BCUT2D eigenvalue weighted by Crippen LogP contribution is -2.31. The molecule has 0 spiro atoms. The van der Waals surface area contributed by atoms with Crippen LogP contribution in [0.1, 0.15) is 10.4 Å². The summed E-state index contributed by atoms with van der Waals surface area (Å²) >= 11 is 0. The summed E-state index contributed by atoms with van der Waals surface area (Å²) in [5.41, 5.74) is -2.26. The second-order valence-electron chi connectivity index (χ2n) is 6.15. The first kappa shape index (κ1) is 20.2. The summed E-state index contributed by atoms with van der Waals surface area (Å²) in [6.45, 7) is -1.34. The van der Waals surface area contributed by atoms with Crippen LogP contribution >= 0.6 is 0 Å². The lowest BCUT2D eigenvalue weighted by atomic mass is 10.1. The summed E-state index contributed by atoms with van der Waals surface area (Å²) in [4.78, 5) is 28.6. The fraction of sp³-hybridized carbons (Fsp3) is 0.167. The summed E-state index contributed by atoms with van der Waals surface area (Å²) < 4.78 is 66.5. The molecule has 0 saturated heterocycles. The molecule has 11 heteroatoms. The summed E-state index contributed by atoms with van der Waals surface area (Å²) in [5, 5.41) is 9.01. The topological polar surface area (TPSA) is 75.4 Å². The SMILES string of the molecule is CN(CC(F)(F)F)c1ccc2c(=O)c(C(=O)O)cn(-c3ccc(F)cc3F)c2n1. The van der Waals surface area contributed by atoms with Crippen LogP contribution in [-0.2, 0) is 0 Å². The number of hydrogen-bond acceptors (Lipinski definition) is 4. The number of pyridine rings is 2. The molecule has 0 amide bonds. The standard InChI is InChI=1S/C18H12F5N3O3/c1-25(8-18(21,22)23)14-5-3-10-15(27)11(17(28)29)7-26(16(10)24-14)13-4-2-9(19)6-12(13)20/h2-7H,8H2,1H3,(H,28,29). The zero-order valence-electron chi connectivity index (χ0n) is 14.7. The normalized spacial score (nSPS) is 11.7. The number of rotatable bonds is 4. The molecule has 1 aromatic carbocycles. The van der Waals surface area contributed by atoms with Crippen molar-refractivity contribution in [3.8, 4) is 5.69 Å². The van der Waals surface area contributed by atoms with E-state index in [4.69, 9.17) is 0 Å². The first-order valence-electron chi connectivity index (χ1n) is 8.01. The number of benzene rings is 1. The van der Waals surface area contributed by atoms with Crippen LogP contribution in [0.2, 0.25) is 0 Å². The number of carbonyl (C=O) groups is 1. The third-order valence-electron chi connectivity index (χ3n) is 4.04. The Hall–Kier alpha value is -3.50. The maximum absolute atomic E-state index is 14.3. The van der Waals surface area contributed by atoms with Crippen LogP contribution in [0, 0.1) is 11.6 Å². The number of fused-ring (bicyclic) bond motifs is 1. The van der Waals surface area contributed by atoms with E-state index in [0.717, 1.165) is 47.0 Å². The predicted molar refractivity (Wildman–Crippen MR) is 93.5 cm³/mol. The highest BCUT2D eigenvalue weighted by molar-refractivity contribution is 5.92. The summed E-state index contributed by atoms with van der Waals surface area (Å²) in [7, 11) is 1.12. The maximum Gasteiger partial charge on any atom is 0.405 e. The quantitative estimate of drug-likeness (QED) is 0.664. The maximum atomic E-state index is 14.3. The van der Waals surface area contributed by atoms with Gasteiger partial charge in [-0.2, -0.15) is 13.2 Å². The van der Waals surface area contributed by atoms with Gasteiger partial charge in [-0.25, -0.2) is 18.6 Å². The van der Waals surface area contributed by atoms with Gasteiger partial charge in [0.1, 0.15) is 29.6 Å². The molecule has 0 atom stereocenters. The van der Waals surface area contributed by atoms with Crippen LogP contribution in [0.3, 0.4) is 0 Å². The van der Waals surface area contributed by atoms with Gasteiger partial charge in [-0.15, -0.1) is 0 Å². The molecule has 2 heterocycles. The molecular weight excluding hydrogens is 401 g/mol. The van der Waals surface area contributed by atoms with Gasteiger partial charge in [0.25, 0.3) is 0 Å². The average molecular weight is 413 g/mol. The Kier molecular flexibility index (Phi) is 4.99. The fourth-order valence-electron chi connectivity index (χ4n) is 2.77. The van der Waals surface area contributed by atoms with Crippen molar-refractivity contribution in [2.45, 2.75) is 6.18 Å². The van der Waals surface area contributed by atoms with Gasteiger partial charge in [0, 0.05) is 19.3 Å². The number of alkyl halides is 3. The van der Waals surface area contributed by atoms with Gasteiger partial charge in [0.05, 0.1) is 11.1 Å². The molecule has 29 heavy (non-hydrogen) atoms. The van der Waals surface area contributed by atoms with E-state index in [2.05, 4.69) is 4.98 Å². The second kappa shape index (κ2) is 7.15. The van der Waals surface area contributed by atoms with Crippen LogP contribution in [-0.4, -0.2) is 40.4 Å². The molecule has 3 rings (SSSR count). The van der Waals surface area contributed by atoms with E-state index < -0.39 is 41.3 Å². The van der Waals surface area contributed by atoms with E-state index in [1.165, 1.54) is 0 Å². The average Bonchev–Trinajstić information content (AvgIpc) is 2.60. The molecule has 2 aromatic heterocycles. The number of aromatic carboxylic acids is 1. The Balaban J connectivity index is 2.32. The number of anilines is 1. The molecule has 0 fully saturated rings. The molecule has 0 aliphatic carbocycles. The van der Waals surface area contributed by atoms with E-state index >= 15 is 0 Å². The number of halogens is 5. The van der Waals surface area contributed by atoms with Gasteiger partial charge in [0.15, 0.2) is 5.65 Å². The Morgan fingerprint density at radius 2 is 1.90 bits per heavy atom. The van der Waals surface area contributed by atoms with Crippen molar-refractivity contribution in [1.82, 2.24) is 9.55 Å². The third-order valence-corrected chi connectivity index (χ3v) is 4.04. The number of nitrogens with zero attached hydrogens (tertiary/aromatic N) is 3. The largest absolute Gasteiger partial charge is 0.477 e. The smallest absolute Gasteiger partial charge is 0.405 e. The number of hydrogen-bond donors (Lipinski definition) is 1. The summed E-state index contributed by atoms with van der Waals surface area (Å²) in [6, 6.07) is 4.67. The van der Waals surface area contributed by atoms with Crippen molar-refractivity contribution in [3.05, 3.63) is 63.9 Å². The predicted octanol–water partition coefficient (Wildman–Crippen LogP) is 3.36. The first-order chi connectivity index (χ1) is 13.5. The third kappa shape index (κ3) is 4.03. The Labute approximate surface area is 159 Å².